The monoisotopic (exact) mass is 559 g/mol. The summed E-state index contributed by atoms with van der Waals surface area (Å²) in [6.45, 7) is 3.51. The van der Waals surface area contributed by atoms with E-state index < -0.39 is 28.5 Å². The number of ether oxygens (including phenoxy) is 2. The number of aryl methyl sites for hydroxylation is 1. The number of anilines is 1. The van der Waals surface area contributed by atoms with E-state index in [1.807, 2.05) is 38.1 Å². The van der Waals surface area contributed by atoms with Crippen LogP contribution in [0.2, 0.25) is 0 Å². The normalized spacial score (nSPS) is 14.8. The summed E-state index contributed by atoms with van der Waals surface area (Å²) < 4.78 is 37.6. The fourth-order valence-electron chi connectivity index (χ4n) is 5.02. The van der Waals surface area contributed by atoms with Crippen molar-refractivity contribution in [1.82, 2.24) is 10.2 Å². The fraction of sp³-hybridized carbons (Fsp3) is 0.517. The number of nitrogens with zero attached hydrogens (tertiary/aromatic N) is 2. The smallest absolute Gasteiger partial charge is 0.244 e. The lowest BCUT2D eigenvalue weighted by atomic mass is 9.95. The Bertz CT molecular complexity index is 1240. The predicted octanol–water partition coefficient (Wildman–Crippen LogP) is 4.03. The van der Waals surface area contributed by atoms with Crippen LogP contribution < -0.4 is 19.1 Å². The average Bonchev–Trinajstić information content (AvgIpc) is 2.92. The summed E-state index contributed by atoms with van der Waals surface area (Å²) >= 11 is 0. The molecule has 0 saturated heterocycles. The number of carbonyl (C=O) groups is 2. The third kappa shape index (κ3) is 7.88. The van der Waals surface area contributed by atoms with Crippen LogP contribution in [-0.4, -0.2) is 64.2 Å². The molecule has 39 heavy (non-hydrogen) atoms. The number of sulfonamides is 1. The Hall–Kier alpha value is -3.27. The number of methoxy groups -OCH3 is 2. The quantitative estimate of drug-likeness (QED) is 0.421. The molecule has 0 heterocycles. The molecule has 0 bridgehead atoms. The first-order valence-electron chi connectivity index (χ1n) is 13.4. The molecule has 9 nitrogen and oxygen atoms in total. The number of rotatable bonds is 12. The van der Waals surface area contributed by atoms with Gasteiger partial charge in [0, 0.05) is 18.7 Å². The van der Waals surface area contributed by atoms with Crippen LogP contribution in [0.3, 0.4) is 0 Å². The highest BCUT2D eigenvalue weighted by Gasteiger charge is 2.33. The first-order valence-corrected chi connectivity index (χ1v) is 15.3. The lowest BCUT2D eigenvalue weighted by Gasteiger charge is -2.34. The molecule has 1 fully saturated rings. The molecule has 1 N–H and O–H groups in total. The van der Waals surface area contributed by atoms with Crippen LogP contribution in [0.5, 0.6) is 11.5 Å². The van der Waals surface area contributed by atoms with Gasteiger partial charge in [0.2, 0.25) is 21.8 Å². The van der Waals surface area contributed by atoms with Gasteiger partial charge in [0.1, 0.15) is 24.1 Å². The average molecular weight is 560 g/mol. The molecule has 1 atom stereocenters. The standard InChI is InChI=1S/C29H41N3O6S/c1-6-25(29(34)30-23-14-8-7-9-15-23)31(19-22-13-11-10-12-21(22)2)28(33)20-32(39(5,35)36)26-17-16-24(37-3)18-27(26)38-4/h10-13,16-18,23,25H,6-9,14-15,19-20H2,1-5H3,(H,30,34). The van der Waals surface area contributed by atoms with Crippen molar-refractivity contribution in [3.8, 4) is 11.5 Å². The zero-order valence-electron chi connectivity index (χ0n) is 23.6. The maximum atomic E-state index is 14.0. The molecule has 2 aromatic rings. The minimum absolute atomic E-state index is 0.0896. The van der Waals surface area contributed by atoms with E-state index in [4.69, 9.17) is 9.47 Å². The van der Waals surface area contributed by atoms with Gasteiger partial charge < -0.3 is 19.7 Å². The largest absolute Gasteiger partial charge is 0.497 e. The molecular formula is C29H41N3O6S. The van der Waals surface area contributed by atoms with Gasteiger partial charge in [-0.2, -0.15) is 0 Å². The molecule has 2 aromatic carbocycles. The highest BCUT2D eigenvalue weighted by molar-refractivity contribution is 7.92. The first-order chi connectivity index (χ1) is 18.6. The molecule has 1 aliphatic rings. The summed E-state index contributed by atoms with van der Waals surface area (Å²) in [5.74, 6) is 0.0496. The Morgan fingerprint density at radius 2 is 1.74 bits per heavy atom. The Morgan fingerprint density at radius 3 is 2.33 bits per heavy atom. The Balaban J connectivity index is 1.97. The molecule has 0 radical (unpaired) electrons. The maximum absolute atomic E-state index is 14.0. The molecule has 10 heteroatoms. The fourth-order valence-corrected chi connectivity index (χ4v) is 5.87. The van der Waals surface area contributed by atoms with Gasteiger partial charge in [0.05, 0.1) is 26.2 Å². The second-order valence-electron chi connectivity index (χ2n) is 10.0. The minimum Gasteiger partial charge on any atom is -0.497 e. The molecule has 2 amide bonds. The topological polar surface area (TPSA) is 105 Å². The molecule has 0 spiro atoms. The van der Waals surface area contributed by atoms with E-state index >= 15 is 0 Å². The number of nitrogens with one attached hydrogen (secondary N) is 1. The van der Waals surface area contributed by atoms with Gasteiger partial charge in [-0.1, -0.05) is 50.5 Å². The Morgan fingerprint density at radius 1 is 1.05 bits per heavy atom. The second kappa shape index (κ2) is 13.7. The van der Waals surface area contributed by atoms with Gasteiger partial charge in [-0.25, -0.2) is 8.42 Å². The van der Waals surface area contributed by atoms with E-state index in [0.29, 0.717) is 12.2 Å². The first kappa shape index (κ1) is 30.3. The third-order valence-electron chi connectivity index (χ3n) is 7.27. The van der Waals surface area contributed by atoms with Crippen molar-refractivity contribution in [2.24, 2.45) is 0 Å². The zero-order valence-corrected chi connectivity index (χ0v) is 24.4. The second-order valence-corrected chi connectivity index (χ2v) is 11.9. The van der Waals surface area contributed by atoms with E-state index in [2.05, 4.69) is 5.32 Å². The summed E-state index contributed by atoms with van der Waals surface area (Å²) in [6.07, 6.45) is 6.59. The lowest BCUT2D eigenvalue weighted by molar-refractivity contribution is -0.140. The van der Waals surface area contributed by atoms with Crippen molar-refractivity contribution in [2.45, 2.75) is 71.0 Å². The van der Waals surface area contributed by atoms with Crippen LogP contribution in [0.15, 0.2) is 42.5 Å². The van der Waals surface area contributed by atoms with Crippen molar-refractivity contribution in [2.75, 3.05) is 31.3 Å². The summed E-state index contributed by atoms with van der Waals surface area (Å²) in [5.41, 5.74) is 2.09. The van der Waals surface area contributed by atoms with Crippen molar-refractivity contribution in [3.63, 3.8) is 0 Å². The van der Waals surface area contributed by atoms with E-state index in [1.165, 1.54) is 19.1 Å². The number of amides is 2. The molecule has 0 aromatic heterocycles. The SMILES string of the molecule is CCC(C(=O)NC1CCCCC1)N(Cc1ccccc1C)C(=O)CN(c1ccc(OC)cc1OC)S(C)(=O)=O. The number of carbonyl (C=O) groups excluding carboxylic acids is 2. The maximum Gasteiger partial charge on any atom is 0.244 e. The van der Waals surface area contributed by atoms with Crippen LogP contribution in [0.1, 0.15) is 56.6 Å². The van der Waals surface area contributed by atoms with Gasteiger partial charge in [-0.3, -0.25) is 13.9 Å². The molecular weight excluding hydrogens is 518 g/mol. The van der Waals surface area contributed by atoms with E-state index in [1.54, 1.807) is 18.2 Å². The number of hydrogen-bond acceptors (Lipinski definition) is 6. The summed E-state index contributed by atoms with van der Waals surface area (Å²) in [7, 11) is -0.967. The van der Waals surface area contributed by atoms with Crippen molar-refractivity contribution >= 4 is 27.5 Å². The van der Waals surface area contributed by atoms with Crippen LogP contribution in [-0.2, 0) is 26.2 Å². The molecule has 1 unspecified atom stereocenters. The minimum atomic E-state index is -3.89. The third-order valence-corrected chi connectivity index (χ3v) is 8.40. The Labute approximate surface area is 232 Å². The van der Waals surface area contributed by atoms with E-state index in [0.717, 1.165) is 53.8 Å². The van der Waals surface area contributed by atoms with Crippen molar-refractivity contribution < 1.29 is 27.5 Å². The summed E-state index contributed by atoms with van der Waals surface area (Å²) in [4.78, 5) is 29.0. The number of benzene rings is 2. The van der Waals surface area contributed by atoms with E-state index in [9.17, 15) is 18.0 Å². The van der Waals surface area contributed by atoms with Crippen molar-refractivity contribution in [3.05, 3.63) is 53.6 Å². The molecule has 3 rings (SSSR count). The highest BCUT2D eigenvalue weighted by atomic mass is 32.2. The summed E-state index contributed by atoms with van der Waals surface area (Å²) in [5, 5.41) is 3.15. The lowest BCUT2D eigenvalue weighted by Crippen LogP contribution is -2.54. The highest BCUT2D eigenvalue weighted by Crippen LogP contribution is 2.34. The van der Waals surface area contributed by atoms with Gasteiger partial charge in [0.15, 0.2) is 0 Å². The van der Waals surface area contributed by atoms with Gasteiger partial charge in [-0.05, 0) is 49.4 Å². The molecule has 1 aliphatic carbocycles. The number of hydrogen-bond donors (Lipinski definition) is 1. The predicted molar refractivity (Wildman–Crippen MR) is 153 cm³/mol. The zero-order chi connectivity index (χ0) is 28.6. The van der Waals surface area contributed by atoms with Crippen molar-refractivity contribution in [1.29, 1.82) is 0 Å². The van der Waals surface area contributed by atoms with Gasteiger partial charge in [0.25, 0.3) is 0 Å². The van der Waals surface area contributed by atoms with Gasteiger partial charge in [-0.15, -0.1) is 0 Å². The van der Waals surface area contributed by atoms with Crippen LogP contribution in [0.4, 0.5) is 5.69 Å². The molecule has 0 aliphatic heterocycles. The summed E-state index contributed by atoms with van der Waals surface area (Å²) in [6, 6.07) is 11.7. The molecule has 214 valence electrons. The molecule has 1 saturated carbocycles. The van der Waals surface area contributed by atoms with E-state index in [-0.39, 0.29) is 29.9 Å². The Kier molecular flexibility index (Phi) is 10.6. The van der Waals surface area contributed by atoms with Crippen LogP contribution in [0, 0.1) is 6.92 Å². The van der Waals surface area contributed by atoms with Crippen LogP contribution >= 0.6 is 0 Å². The van der Waals surface area contributed by atoms with Gasteiger partial charge >= 0.3 is 0 Å². The van der Waals surface area contributed by atoms with Crippen LogP contribution in [0.25, 0.3) is 0 Å².